The smallest absolute Gasteiger partial charge is 0.175 e. The van der Waals surface area contributed by atoms with Crippen molar-refractivity contribution in [3.05, 3.63) is 65.5 Å². The molecule has 103 valence electrons. The van der Waals surface area contributed by atoms with Crippen LogP contribution < -0.4 is 10.6 Å². The fourth-order valence-electron chi connectivity index (χ4n) is 2.77. The van der Waals surface area contributed by atoms with E-state index in [1.165, 1.54) is 0 Å². The first-order valence-electron chi connectivity index (χ1n) is 6.47. The van der Waals surface area contributed by atoms with Gasteiger partial charge in [0.15, 0.2) is 5.72 Å². The van der Waals surface area contributed by atoms with Crippen molar-refractivity contribution in [3.8, 4) is 0 Å². The van der Waals surface area contributed by atoms with Gasteiger partial charge in [0.05, 0.1) is 0 Å². The minimum absolute atomic E-state index is 0.546. The van der Waals surface area contributed by atoms with Gasteiger partial charge in [-0.3, -0.25) is 5.32 Å². The zero-order chi connectivity index (χ0) is 14.2. The molecule has 0 saturated carbocycles. The van der Waals surface area contributed by atoms with Crippen molar-refractivity contribution in [1.82, 2.24) is 5.32 Å². The van der Waals surface area contributed by atoms with E-state index in [-0.39, 0.29) is 0 Å². The van der Waals surface area contributed by atoms with E-state index < -0.39 is 5.72 Å². The Morgan fingerprint density at radius 3 is 2.70 bits per heavy atom. The van der Waals surface area contributed by atoms with Gasteiger partial charge in [-0.25, -0.2) is 0 Å². The van der Waals surface area contributed by atoms with Gasteiger partial charge >= 0.3 is 0 Å². The average molecular weight is 288 g/mol. The molecule has 1 heterocycles. The Morgan fingerprint density at radius 1 is 1.20 bits per heavy atom. The minimum Gasteiger partial charge on any atom is -0.355 e. The van der Waals surface area contributed by atoms with Gasteiger partial charge in [0.1, 0.15) is 0 Å². The molecule has 1 aliphatic rings. The van der Waals surface area contributed by atoms with E-state index in [0.29, 0.717) is 11.6 Å². The van der Waals surface area contributed by atoms with Crippen molar-refractivity contribution in [2.45, 2.75) is 5.72 Å². The summed E-state index contributed by atoms with van der Waals surface area (Å²) in [6, 6.07) is 13.8. The summed E-state index contributed by atoms with van der Waals surface area (Å²) in [6.45, 7) is 4.44. The van der Waals surface area contributed by atoms with Crippen LogP contribution >= 0.6 is 11.6 Å². The summed E-state index contributed by atoms with van der Waals surface area (Å²) >= 11 is 6.10. The molecule has 2 N–H and O–H groups in total. The van der Waals surface area contributed by atoms with Crippen molar-refractivity contribution < 1.29 is 4.74 Å². The van der Waals surface area contributed by atoms with Crippen molar-refractivity contribution in [3.63, 3.8) is 0 Å². The Morgan fingerprint density at radius 2 is 1.95 bits per heavy atom. The van der Waals surface area contributed by atoms with Crippen LogP contribution in [0.25, 0.3) is 0 Å². The molecule has 0 saturated heterocycles. The van der Waals surface area contributed by atoms with Crippen LogP contribution in [0.15, 0.2) is 42.5 Å². The molecular weight excluding hydrogens is 272 g/mol. The molecule has 2 aromatic rings. The van der Waals surface area contributed by atoms with E-state index in [2.05, 4.69) is 17.6 Å². The molecule has 2 aromatic carbocycles. The van der Waals surface area contributed by atoms with Gasteiger partial charge in [-0.05, 0) is 31.7 Å². The van der Waals surface area contributed by atoms with Crippen LogP contribution in [0, 0.1) is 6.92 Å². The number of rotatable bonds is 3. The Balaban J connectivity index is 2.27. The Kier molecular flexibility index (Phi) is 3.42. The maximum Gasteiger partial charge on any atom is 0.175 e. The first-order chi connectivity index (χ1) is 9.71. The lowest BCUT2D eigenvalue weighted by Crippen LogP contribution is -2.47. The molecule has 1 radical (unpaired) electrons. The van der Waals surface area contributed by atoms with Gasteiger partial charge in [0.25, 0.3) is 0 Å². The highest BCUT2D eigenvalue weighted by Crippen LogP contribution is 2.45. The topological polar surface area (TPSA) is 33.3 Å². The van der Waals surface area contributed by atoms with Gasteiger partial charge in [0, 0.05) is 34.6 Å². The van der Waals surface area contributed by atoms with Crippen molar-refractivity contribution in [2.24, 2.45) is 0 Å². The normalized spacial score (nSPS) is 19.9. The van der Waals surface area contributed by atoms with Crippen LogP contribution in [0.5, 0.6) is 0 Å². The number of hydrogen-bond acceptors (Lipinski definition) is 3. The molecule has 1 aliphatic heterocycles. The monoisotopic (exact) mass is 287 g/mol. The lowest BCUT2D eigenvalue weighted by atomic mass is 9.88. The van der Waals surface area contributed by atoms with E-state index in [9.17, 15) is 0 Å². The molecule has 0 amide bonds. The molecular formula is C16H16ClN2O. The third-order valence-electron chi connectivity index (χ3n) is 3.62. The van der Waals surface area contributed by atoms with Crippen LogP contribution in [-0.4, -0.2) is 13.7 Å². The maximum absolute atomic E-state index is 6.10. The number of fused-ring (bicyclic) bond motifs is 2. The molecule has 0 aromatic heterocycles. The van der Waals surface area contributed by atoms with E-state index in [1.54, 1.807) is 7.11 Å². The maximum atomic E-state index is 6.10. The fourth-order valence-corrected chi connectivity index (χ4v) is 2.95. The summed E-state index contributed by atoms with van der Waals surface area (Å²) in [5.74, 6) is 0. The molecule has 4 heteroatoms. The number of methoxy groups -OCH3 is 1. The summed E-state index contributed by atoms with van der Waals surface area (Å²) < 4.78 is 5.88. The fraction of sp³-hybridized carbons (Fsp3) is 0.188. The predicted molar refractivity (Wildman–Crippen MR) is 82.3 cm³/mol. The van der Waals surface area contributed by atoms with E-state index in [1.807, 2.05) is 42.5 Å². The minimum atomic E-state index is -0.705. The Bertz CT molecular complexity index is 644. The molecule has 0 bridgehead atoms. The highest BCUT2D eigenvalue weighted by molar-refractivity contribution is 6.30. The largest absolute Gasteiger partial charge is 0.355 e. The van der Waals surface area contributed by atoms with Gasteiger partial charge in [0.2, 0.25) is 0 Å². The number of ether oxygens (including phenoxy) is 1. The van der Waals surface area contributed by atoms with Crippen LogP contribution in [0.3, 0.4) is 0 Å². The molecule has 20 heavy (non-hydrogen) atoms. The first kappa shape index (κ1) is 13.4. The summed E-state index contributed by atoms with van der Waals surface area (Å²) in [5.41, 5.74) is 3.29. The highest BCUT2D eigenvalue weighted by Gasteiger charge is 2.40. The second-order valence-corrected chi connectivity index (χ2v) is 5.11. The summed E-state index contributed by atoms with van der Waals surface area (Å²) in [4.78, 5) is 0. The van der Waals surface area contributed by atoms with Crippen LogP contribution in [0.2, 0.25) is 5.02 Å². The summed E-state index contributed by atoms with van der Waals surface area (Å²) in [6.07, 6.45) is 0. The van der Waals surface area contributed by atoms with Gasteiger partial charge in [-0.1, -0.05) is 35.9 Å². The third-order valence-corrected chi connectivity index (χ3v) is 3.85. The standard InChI is InChI=1S/C16H16ClN2O/c1-3-18-16(20-2)12-6-4-5-7-14(12)19-15-10-11(17)8-9-13(15)16/h4-10,18-19H,1,3H2,2H3. The van der Waals surface area contributed by atoms with Crippen molar-refractivity contribution in [2.75, 3.05) is 19.0 Å². The molecule has 0 fully saturated rings. The molecule has 1 unspecified atom stereocenters. The lowest BCUT2D eigenvalue weighted by molar-refractivity contribution is -0.00549. The molecule has 0 spiro atoms. The second-order valence-electron chi connectivity index (χ2n) is 4.67. The average Bonchev–Trinajstić information content (AvgIpc) is 2.46. The zero-order valence-electron chi connectivity index (χ0n) is 11.2. The van der Waals surface area contributed by atoms with E-state index >= 15 is 0 Å². The van der Waals surface area contributed by atoms with Gasteiger partial charge < -0.3 is 10.1 Å². The quantitative estimate of drug-likeness (QED) is 0.845. The van der Waals surface area contributed by atoms with Crippen molar-refractivity contribution >= 4 is 23.0 Å². The van der Waals surface area contributed by atoms with Crippen LogP contribution in [0.4, 0.5) is 11.4 Å². The number of nitrogens with one attached hydrogen (secondary N) is 2. The third kappa shape index (κ3) is 1.90. The molecule has 0 aliphatic carbocycles. The Labute approximate surface area is 123 Å². The van der Waals surface area contributed by atoms with Gasteiger partial charge in [-0.2, -0.15) is 0 Å². The molecule has 3 rings (SSSR count). The number of para-hydroxylation sites is 1. The second kappa shape index (κ2) is 5.09. The number of anilines is 2. The van der Waals surface area contributed by atoms with Crippen molar-refractivity contribution in [1.29, 1.82) is 0 Å². The molecule has 3 nitrogen and oxygen atoms in total. The Hall–Kier alpha value is -1.55. The lowest BCUT2D eigenvalue weighted by Gasteiger charge is -2.40. The van der Waals surface area contributed by atoms with E-state index in [0.717, 1.165) is 22.5 Å². The summed E-state index contributed by atoms with van der Waals surface area (Å²) in [7, 11) is 1.70. The number of hydrogen-bond donors (Lipinski definition) is 2. The summed E-state index contributed by atoms with van der Waals surface area (Å²) in [5, 5.41) is 7.46. The SMILES string of the molecule is [CH2]CNC1(OC)c2ccccc2Nc2cc(Cl)ccc21. The number of benzene rings is 2. The number of halogens is 1. The highest BCUT2D eigenvalue weighted by atomic mass is 35.5. The van der Waals surface area contributed by atoms with Gasteiger partial charge in [-0.15, -0.1) is 0 Å². The predicted octanol–water partition coefficient (Wildman–Crippen LogP) is 3.67. The van der Waals surface area contributed by atoms with E-state index in [4.69, 9.17) is 16.3 Å². The molecule has 1 atom stereocenters. The van der Waals surface area contributed by atoms with Crippen LogP contribution in [0.1, 0.15) is 11.1 Å². The first-order valence-corrected chi connectivity index (χ1v) is 6.85. The zero-order valence-corrected chi connectivity index (χ0v) is 12.0. The van der Waals surface area contributed by atoms with Crippen LogP contribution in [-0.2, 0) is 10.5 Å².